The number of halogens is 1. The highest BCUT2D eigenvalue weighted by Gasteiger charge is 2.31. The summed E-state index contributed by atoms with van der Waals surface area (Å²) in [6.45, 7) is 5.26. The van der Waals surface area contributed by atoms with E-state index in [0.717, 1.165) is 60.7 Å². The minimum Gasteiger partial charge on any atom is -0.476 e. The van der Waals surface area contributed by atoms with Gasteiger partial charge in [0.1, 0.15) is 18.2 Å². The number of nitrogens with one attached hydrogen (secondary N) is 1. The fourth-order valence-corrected chi connectivity index (χ4v) is 3.96. The number of ether oxygens (including phenoxy) is 1. The molecule has 3 aromatic rings. The van der Waals surface area contributed by atoms with Gasteiger partial charge in [0.15, 0.2) is 0 Å². The third-order valence-electron chi connectivity index (χ3n) is 5.53. The summed E-state index contributed by atoms with van der Waals surface area (Å²) in [4.78, 5) is 18.2. The third kappa shape index (κ3) is 5.24. The molecule has 0 aliphatic carbocycles. The molecule has 0 radical (unpaired) electrons. The summed E-state index contributed by atoms with van der Waals surface area (Å²) in [5.41, 5.74) is 9.17. The molecule has 8 nitrogen and oxygen atoms in total. The Morgan fingerprint density at radius 3 is 2.85 bits per heavy atom. The van der Waals surface area contributed by atoms with Crippen molar-refractivity contribution in [2.24, 2.45) is 10.7 Å². The van der Waals surface area contributed by atoms with Gasteiger partial charge in [0.05, 0.1) is 29.3 Å². The number of nitrogens with zero attached hydrogens (tertiary/aromatic N) is 5. The van der Waals surface area contributed by atoms with Crippen LogP contribution in [0.25, 0.3) is 22.6 Å². The van der Waals surface area contributed by atoms with Crippen LogP contribution in [0.15, 0.2) is 53.6 Å². The van der Waals surface area contributed by atoms with Gasteiger partial charge in [0, 0.05) is 30.9 Å². The summed E-state index contributed by atoms with van der Waals surface area (Å²) in [5.74, 6) is 1.49. The summed E-state index contributed by atoms with van der Waals surface area (Å²) in [6.07, 6.45) is 8.49. The molecule has 2 aromatic heterocycles. The van der Waals surface area contributed by atoms with Gasteiger partial charge in [0.2, 0.25) is 11.8 Å². The maximum Gasteiger partial charge on any atom is 0.223 e. The van der Waals surface area contributed by atoms with Crippen LogP contribution >= 0.6 is 0 Å². The predicted molar refractivity (Wildman–Crippen MR) is 132 cm³/mol. The van der Waals surface area contributed by atoms with Gasteiger partial charge >= 0.3 is 0 Å². The number of aliphatic imine (C=N–C) groups is 1. The van der Waals surface area contributed by atoms with E-state index in [2.05, 4.69) is 26.8 Å². The van der Waals surface area contributed by atoms with E-state index in [0.29, 0.717) is 12.6 Å². The third-order valence-corrected chi connectivity index (χ3v) is 5.53. The van der Waals surface area contributed by atoms with Crippen molar-refractivity contribution in [1.29, 1.82) is 0 Å². The molecular weight excluding hydrogens is 433 g/mol. The zero-order valence-corrected chi connectivity index (χ0v) is 19.5. The van der Waals surface area contributed by atoms with Crippen molar-refractivity contribution in [1.82, 2.24) is 19.5 Å². The van der Waals surface area contributed by atoms with E-state index in [4.69, 9.17) is 20.4 Å². The Hall–Kier alpha value is -3.75. The molecule has 0 amide bonds. The van der Waals surface area contributed by atoms with E-state index in [1.54, 1.807) is 24.5 Å². The first-order valence-corrected chi connectivity index (χ1v) is 11.6. The normalized spacial score (nSPS) is 15.6. The number of nitrogens with two attached hydrogens (primary N) is 1. The molecule has 0 spiro atoms. The molecule has 178 valence electrons. The molecule has 0 saturated carbocycles. The number of fused-ring (bicyclic) bond motifs is 1. The van der Waals surface area contributed by atoms with Gasteiger partial charge in [-0.3, -0.25) is 4.99 Å². The minimum atomic E-state index is -0.288. The Kier molecular flexibility index (Phi) is 7.51. The molecule has 0 saturated heterocycles. The van der Waals surface area contributed by atoms with Crippen LogP contribution in [0, 0.1) is 5.82 Å². The standard InChI is InChI=1S/C25H30FN7O/c1-3-12-28-15-21(27)34-16-19-9-10-22-32-23(17-5-7-18(26)8-6-17)24(33(19)22)20-11-14-30-25(31-20)29-13-4-2/h5-8,11-12,14-15,19H,3-4,9-10,13,16,27H2,1-2H3,(H,29,30,31)/b21-15+,28-12?. The summed E-state index contributed by atoms with van der Waals surface area (Å²) in [6, 6.07) is 8.27. The number of imidazole rings is 1. The van der Waals surface area contributed by atoms with E-state index in [-0.39, 0.29) is 17.7 Å². The Balaban J connectivity index is 1.72. The fourth-order valence-electron chi connectivity index (χ4n) is 3.96. The topological polar surface area (TPSA) is 103 Å². The molecule has 1 atom stereocenters. The molecule has 1 aliphatic rings. The van der Waals surface area contributed by atoms with Gasteiger partial charge in [-0.15, -0.1) is 0 Å². The van der Waals surface area contributed by atoms with Crippen LogP contribution in [0.2, 0.25) is 0 Å². The molecule has 9 heteroatoms. The highest BCUT2D eigenvalue weighted by molar-refractivity contribution is 5.78. The lowest BCUT2D eigenvalue weighted by molar-refractivity contribution is 0.168. The van der Waals surface area contributed by atoms with E-state index in [1.165, 1.54) is 18.3 Å². The first kappa shape index (κ1) is 23.4. The molecule has 3 N–H and O–H groups in total. The summed E-state index contributed by atoms with van der Waals surface area (Å²) < 4.78 is 21.6. The van der Waals surface area contributed by atoms with Gasteiger partial charge in [-0.05, 0) is 49.6 Å². The van der Waals surface area contributed by atoms with E-state index in [1.807, 2.05) is 13.0 Å². The number of hydrogen-bond donors (Lipinski definition) is 2. The Bertz CT molecular complexity index is 1170. The van der Waals surface area contributed by atoms with Gasteiger partial charge in [0.25, 0.3) is 0 Å². The predicted octanol–water partition coefficient (Wildman–Crippen LogP) is 4.71. The lowest BCUT2D eigenvalue weighted by Gasteiger charge is -2.18. The second-order valence-electron chi connectivity index (χ2n) is 8.07. The number of aryl methyl sites for hydroxylation is 1. The van der Waals surface area contributed by atoms with E-state index < -0.39 is 0 Å². The SMILES string of the molecule is CCC=N/C=C(\N)OCC1CCc2nc(-c3ccc(F)cc3)c(-c3ccnc(NCCC)n3)n21. The number of hydrogen-bond acceptors (Lipinski definition) is 7. The maximum absolute atomic E-state index is 13.6. The van der Waals surface area contributed by atoms with Crippen LogP contribution in [0.4, 0.5) is 10.3 Å². The summed E-state index contributed by atoms with van der Waals surface area (Å²) >= 11 is 0. The van der Waals surface area contributed by atoms with Crippen molar-refractivity contribution in [3.05, 3.63) is 60.3 Å². The summed E-state index contributed by atoms with van der Waals surface area (Å²) in [7, 11) is 0. The molecule has 4 rings (SSSR count). The molecule has 3 heterocycles. The monoisotopic (exact) mass is 463 g/mol. The van der Waals surface area contributed by atoms with Crippen molar-refractivity contribution in [2.45, 2.75) is 45.6 Å². The van der Waals surface area contributed by atoms with Crippen molar-refractivity contribution >= 4 is 12.2 Å². The van der Waals surface area contributed by atoms with Gasteiger partial charge in [-0.2, -0.15) is 0 Å². The van der Waals surface area contributed by atoms with Crippen LogP contribution in [-0.4, -0.2) is 38.9 Å². The quantitative estimate of drug-likeness (QED) is 0.333. The van der Waals surface area contributed by atoms with Crippen molar-refractivity contribution in [2.75, 3.05) is 18.5 Å². The van der Waals surface area contributed by atoms with Gasteiger partial charge in [-0.1, -0.05) is 13.8 Å². The maximum atomic E-state index is 13.6. The Morgan fingerprint density at radius 2 is 2.09 bits per heavy atom. The molecule has 0 bridgehead atoms. The van der Waals surface area contributed by atoms with Gasteiger partial charge < -0.3 is 20.4 Å². The van der Waals surface area contributed by atoms with E-state index in [9.17, 15) is 4.39 Å². The average Bonchev–Trinajstić information content (AvgIpc) is 3.42. The van der Waals surface area contributed by atoms with Crippen LogP contribution in [0.5, 0.6) is 0 Å². The van der Waals surface area contributed by atoms with Crippen LogP contribution < -0.4 is 11.1 Å². The lowest BCUT2D eigenvalue weighted by atomic mass is 10.1. The number of anilines is 1. The van der Waals surface area contributed by atoms with Crippen molar-refractivity contribution < 1.29 is 9.13 Å². The molecule has 1 unspecified atom stereocenters. The highest BCUT2D eigenvalue weighted by atomic mass is 19.1. The zero-order valence-electron chi connectivity index (χ0n) is 19.5. The first-order chi connectivity index (χ1) is 16.6. The highest BCUT2D eigenvalue weighted by Crippen LogP contribution is 2.39. The first-order valence-electron chi connectivity index (χ1n) is 11.6. The minimum absolute atomic E-state index is 0.0239. The Labute approximate surface area is 198 Å². The largest absolute Gasteiger partial charge is 0.476 e. The molecular formula is C25H30FN7O. The van der Waals surface area contributed by atoms with Crippen molar-refractivity contribution in [3.63, 3.8) is 0 Å². The van der Waals surface area contributed by atoms with E-state index >= 15 is 0 Å². The zero-order chi connectivity index (χ0) is 23.9. The molecule has 1 aliphatic heterocycles. The number of benzene rings is 1. The molecule has 34 heavy (non-hydrogen) atoms. The van der Waals surface area contributed by atoms with Crippen LogP contribution in [-0.2, 0) is 11.2 Å². The second-order valence-corrected chi connectivity index (χ2v) is 8.07. The molecule has 1 aromatic carbocycles. The smallest absolute Gasteiger partial charge is 0.223 e. The Morgan fingerprint density at radius 1 is 1.26 bits per heavy atom. The van der Waals surface area contributed by atoms with Crippen LogP contribution in [0.3, 0.4) is 0 Å². The average molecular weight is 464 g/mol. The summed E-state index contributed by atoms with van der Waals surface area (Å²) in [5, 5.41) is 3.24. The van der Waals surface area contributed by atoms with Crippen molar-refractivity contribution in [3.8, 4) is 22.6 Å². The fraction of sp³-hybridized carbons (Fsp3) is 0.360. The van der Waals surface area contributed by atoms with Gasteiger partial charge in [-0.25, -0.2) is 19.3 Å². The number of rotatable bonds is 10. The number of aromatic nitrogens is 4. The lowest BCUT2D eigenvalue weighted by Crippen LogP contribution is -2.15. The second kappa shape index (κ2) is 10.9. The van der Waals surface area contributed by atoms with Crippen LogP contribution in [0.1, 0.15) is 45.0 Å². The molecule has 0 fully saturated rings.